The lowest BCUT2D eigenvalue weighted by molar-refractivity contribution is 0.0902. The number of hydrogen-bond donors (Lipinski definition) is 2. The number of ether oxygens (including phenoxy) is 2. The molecule has 4 aromatic heterocycles. The minimum Gasteiger partial charge on any atom is -0.463 e. The van der Waals surface area contributed by atoms with E-state index in [0.717, 1.165) is 129 Å². The third-order valence-electron chi connectivity index (χ3n) is 10.3. The van der Waals surface area contributed by atoms with E-state index in [1.807, 2.05) is 23.9 Å². The molecule has 9 heterocycles. The summed E-state index contributed by atoms with van der Waals surface area (Å²) in [6.07, 6.45) is 8.91. The number of fused-ring (bicyclic) bond motifs is 2. The van der Waals surface area contributed by atoms with Crippen LogP contribution in [0.15, 0.2) is 38.7 Å². The highest BCUT2D eigenvalue weighted by Crippen LogP contribution is 2.35. The quantitative estimate of drug-likeness (QED) is 0.253. The van der Waals surface area contributed by atoms with Crippen LogP contribution in [0.5, 0.6) is 0 Å². The normalized spacial score (nSPS) is 22.5. The zero-order valence-corrected chi connectivity index (χ0v) is 31.6. The van der Waals surface area contributed by atoms with Crippen LogP contribution in [-0.2, 0) is 51.0 Å². The first-order chi connectivity index (χ1) is 25.4. The number of halogens is 1. The SMILES string of the molecule is Cn1nc(-c2ccco2)cc1C1CCN(c2nc3c(c(NC4CCOCC4)n2)S(=O)CC3)CC1.O=S1CCc2nc(Cl)nc(NC3CCOCC3)c21. The van der Waals surface area contributed by atoms with Gasteiger partial charge in [0, 0.05) is 94.6 Å². The molecule has 0 aliphatic carbocycles. The second-order valence-electron chi connectivity index (χ2n) is 13.7. The molecular formula is C35H44ClN9O5S2. The van der Waals surface area contributed by atoms with E-state index in [1.54, 1.807) is 6.26 Å². The van der Waals surface area contributed by atoms with Gasteiger partial charge in [-0.25, -0.2) is 9.97 Å². The molecule has 17 heteroatoms. The third kappa shape index (κ3) is 7.77. The van der Waals surface area contributed by atoms with Gasteiger partial charge in [-0.3, -0.25) is 13.1 Å². The Hall–Kier alpha value is -3.44. The minimum absolute atomic E-state index is 0.224. The summed E-state index contributed by atoms with van der Waals surface area (Å²) >= 11 is 5.91. The lowest BCUT2D eigenvalue weighted by Gasteiger charge is -2.32. The summed E-state index contributed by atoms with van der Waals surface area (Å²) in [5, 5.41) is 11.8. The van der Waals surface area contributed by atoms with Crippen molar-refractivity contribution in [1.82, 2.24) is 29.7 Å². The van der Waals surface area contributed by atoms with Crippen LogP contribution in [0.25, 0.3) is 11.5 Å². The summed E-state index contributed by atoms with van der Waals surface area (Å²) in [4.78, 5) is 21.9. The van der Waals surface area contributed by atoms with Crippen LogP contribution in [-0.4, -0.2) is 101 Å². The highest BCUT2D eigenvalue weighted by Gasteiger charge is 2.31. The summed E-state index contributed by atoms with van der Waals surface area (Å²) < 4.78 is 43.0. The van der Waals surface area contributed by atoms with Crippen LogP contribution in [0.2, 0.25) is 5.28 Å². The van der Waals surface area contributed by atoms with Crippen molar-refractivity contribution in [3.05, 3.63) is 46.8 Å². The van der Waals surface area contributed by atoms with Gasteiger partial charge in [0.25, 0.3) is 0 Å². The minimum atomic E-state index is -1.03. The molecule has 3 saturated heterocycles. The Morgan fingerprint density at radius 1 is 0.808 bits per heavy atom. The molecule has 4 aromatic rings. The number of furan rings is 1. The molecule has 2 unspecified atom stereocenters. The molecule has 2 N–H and O–H groups in total. The van der Waals surface area contributed by atoms with Gasteiger partial charge >= 0.3 is 0 Å². The average molecular weight is 770 g/mol. The lowest BCUT2D eigenvalue weighted by Crippen LogP contribution is -2.35. The number of piperidine rings is 1. The van der Waals surface area contributed by atoms with Crippen LogP contribution in [0, 0.1) is 0 Å². The fraction of sp³-hybridized carbons (Fsp3) is 0.571. The third-order valence-corrected chi connectivity index (χ3v) is 13.4. The molecule has 2 atom stereocenters. The smallest absolute Gasteiger partial charge is 0.227 e. The van der Waals surface area contributed by atoms with Crippen molar-refractivity contribution in [2.75, 3.05) is 66.6 Å². The number of hydrogen-bond acceptors (Lipinski definition) is 13. The Morgan fingerprint density at radius 3 is 2.00 bits per heavy atom. The Morgan fingerprint density at radius 2 is 1.40 bits per heavy atom. The Kier molecular flexibility index (Phi) is 10.9. The van der Waals surface area contributed by atoms with Gasteiger partial charge in [0.15, 0.2) is 5.76 Å². The number of nitrogens with one attached hydrogen (secondary N) is 2. The number of aromatic nitrogens is 6. The number of aryl methyl sites for hydroxylation is 3. The van der Waals surface area contributed by atoms with Gasteiger partial charge in [0.1, 0.15) is 27.1 Å². The molecule has 0 amide bonds. The molecule has 14 nitrogen and oxygen atoms in total. The molecule has 5 aliphatic rings. The van der Waals surface area contributed by atoms with E-state index in [4.69, 9.17) is 35.5 Å². The molecule has 0 spiro atoms. The molecule has 278 valence electrons. The van der Waals surface area contributed by atoms with Crippen LogP contribution >= 0.6 is 11.6 Å². The summed E-state index contributed by atoms with van der Waals surface area (Å²) in [7, 11) is -0.0186. The van der Waals surface area contributed by atoms with Crippen molar-refractivity contribution >= 4 is 50.8 Å². The van der Waals surface area contributed by atoms with E-state index >= 15 is 0 Å². The van der Waals surface area contributed by atoms with Gasteiger partial charge in [0.05, 0.1) is 39.3 Å². The number of nitrogens with zero attached hydrogens (tertiary/aromatic N) is 7. The average Bonchev–Trinajstić information content (AvgIpc) is 3.98. The standard InChI is InChI=1S/C24H30N6O3S.C11H14ClN3O2S/c1-29-20(15-19(28-29)21-3-2-11-33-21)16-4-9-30(10-5-16)24-26-18-8-14-34(31)22(18)23(27-24)25-17-6-12-32-13-7-17;12-11-14-8-3-6-18(16)9(8)10(15-11)13-7-1-4-17-5-2-7/h2-3,11,15-17H,4-10,12-14H2,1H3,(H,25,26,27);7H,1-6H2,(H,13,14,15). The summed E-state index contributed by atoms with van der Waals surface area (Å²) in [6.45, 7) is 4.77. The fourth-order valence-corrected chi connectivity index (χ4v) is 10.4. The van der Waals surface area contributed by atoms with E-state index in [9.17, 15) is 8.42 Å². The number of anilines is 3. The Labute approximate surface area is 312 Å². The molecule has 0 aromatic carbocycles. The molecule has 5 aliphatic heterocycles. The zero-order valence-electron chi connectivity index (χ0n) is 29.2. The van der Waals surface area contributed by atoms with E-state index in [-0.39, 0.29) is 5.28 Å². The van der Waals surface area contributed by atoms with Crippen LogP contribution in [0.3, 0.4) is 0 Å². The molecule has 0 saturated carbocycles. The predicted molar refractivity (Wildman–Crippen MR) is 199 cm³/mol. The second-order valence-corrected chi connectivity index (χ2v) is 17.1. The largest absolute Gasteiger partial charge is 0.463 e. The molecule has 3 fully saturated rings. The first-order valence-electron chi connectivity index (χ1n) is 18.1. The molecule has 0 bridgehead atoms. The Balaban J connectivity index is 0.000000181. The molecular weight excluding hydrogens is 726 g/mol. The first kappa shape index (κ1) is 35.6. The van der Waals surface area contributed by atoms with Crippen molar-refractivity contribution in [3.63, 3.8) is 0 Å². The lowest BCUT2D eigenvalue weighted by atomic mass is 9.93. The molecule has 9 rings (SSSR count). The van der Waals surface area contributed by atoms with Crippen LogP contribution in [0.1, 0.15) is 61.5 Å². The summed E-state index contributed by atoms with van der Waals surface area (Å²) in [6, 6.07) is 6.60. The molecule has 52 heavy (non-hydrogen) atoms. The van der Waals surface area contributed by atoms with Gasteiger partial charge in [-0.05, 0) is 68.3 Å². The maximum absolute atomic E-state index is 12.7. The topological polar surface area (TPSA) is 162 Å². The van der Waals surface area contributed by atoms with Crippen molar-refractivity contribution < 1.29 is 22.3 Å². The van der Waals surface area contributed by atoms with E-state index < -0.39 is 21.6 Å². The van der Waals surface area contributed by atoms with Crippen molar-refractivity contribution in [1.29, 1.82) is 0 Å². The summed E-state index contributed by atoms with van der Waals surface area (Å²) in [5.41, 5.74) is 3.87. The van der Waals surface area contributed by atoms with Gasteiger partial charge < -0.3 is 29.4 Å². The van der Waals surface area contributed by atoms with Gasteiger partial charge in [-0.1, -0.05) is 0 Å². The maximum Gasteiger partial charge on any atom is 0.227 e. The molecule has 0 radical (unpaired) electrons. The van der Waals surface area contributed by atoms with Crippen molar-refractivity contribution in [3.8, 4) is 11.5 Å². The van der Waals surface area contributed by atoms with Crippen LogP contribution in [0.4, 0.5) is 17.6 Å². The predicted octanol–water partition coefficient (Wildman–Crippen LogP) is 4.49. The van der Waals surface area contributed by atoms with E-state index in [1.165, 1.54) is 5.69 Å². The van der Waals surface area contributed by atoms with Gasteiger partial charge in [0.2, 0.25) is 11.2 Å². The van der Waals surface area contributed by atoms with Crippen molar-refractivity contribution in [2.24, 2.45) is 7.05 Å². The Bertz CT molecular complexity index is 1920. The van der Waals surface area contributed by atoms with E-state index in [2.05, 4.69) is 36.7 Å². The van der Waals surface area contributed by atoms with Gasteiger partial charge in [-0.15, -0.1) is 0 Å². The zero-order chi connectivity index (χ0) is 35.6. The fourth-order valence-electron chi connectivity index (χ4n) is 7.54. The maximum atomic E-state index is 12.7. The number of rotatable bonds is 7. The second kappa shape index (κ2) is 15.9. The van der Waals surface area contributed by atoms with Crippen LogP contribution < -0.4 is 15.5 Å². The first-order valence-corrected chi connectivity index (χ1v) is 21.2. The highest BCUT2D eigenvalue weighted by molar-refractivity contribution is 7.85. The summed E-state index contributed by atoms with van der Waals surface area (Å²) in [5.74, 6) is 4.65. The van der Waals surface area contributed by atoms with Crippen molar-refractivity contribution in [2.45, 2.75) is 79.2 Å². The monoisotopic (exact) mass is 769 g/mol. The van der Waals surface area contributed by atoms with E-state index in [0.29, 0.717) is 41.7 Å². The van der Waals surface area contributed by atoms with Gasteiger partial charge in [-0.2, -0.15) is 15.1 Å². The highest BCUT2D eigenvalue weighted by atomic mass is 35.5.